The lowest BCUT2D eigenvalue weighted by Gasteiger charge is -2.17. The number of furan rings is 1. The van der Waals surface area contributed by atoms with Crippen LogP contribution in [0.1, 0.15) is 42.1 Å². The summed E-state index contributed by atoms with van der Waals surface area (Å²) in [5.74, 6) is 0.0976. The predicted molar refractivity (Wildman–Crippen MR) is 110 cm³/mol. The largest absolute Gasteiger partial charge is 0.493 e. The molecule has 2 heterocycles. The van der Waals surface area contributed by atoms with Gasteiger partial charge in [0.2, 0.25) is 5.76 Å². The molecule has 1 aromatic carbocycles. The number of hydrogen-bond donors (Lipinski definition) is 1. The molecule has 31 heavy (non-hydrogen) atoms. The Hall–Kier alpha value is -3.75. The zero-order chi connectivity index (χ0) is 22.5. The molecule has 2 aromatic rings. The molecule has 1 aliphatic heterocycles. The quantitative estimate of drug-likeness (QED) is 0.390. The number of benzene rings is 1. The number of para-hydroxylation sites is 1. The molecule has 0 saturated carbocycles. The van der Waals surface area contributed by atoms with Crippen molar-refractivity contribution in [1.82, 2.24) is 10.2 Å². The molecular formula is C22H24N2O7. The van der Waals surface area contributed by atoms with Gasteiger partial charge in [-0.2, -0.15) is 0 Å². The Balaban J connectivity index is 1.85. The highest BCUT2D eigenvalue weighted by atomic mass is 16.5. The number of carbonyl (C=O) groups is 3. The summed E-state index contributed by atoms with van der Waals surface area (Å²) in [7, 11) is 2.77. The lowest BCUT2D eigenvalue weighted by atomic mass is 10.1. The van der Waals surface area contributed by atoms with Crippen LogP contribution in [0.4, 0.5) is 4.79 Å². The highest BCUT2D eigenvalue weighted by Gasteiger charge is 2.34. The van der Waals surface area contributed by atoms with E-state index in [4.69, 9.17) is 13.9 Å². The van der Waals surface area contributed by atoms with Gasteiger partial charge in [-0.3, -0.25) is 9.69 Å². The van der Waals surface area contributed by atoms with Crippen LogP contribution in [-0.2, 0) is 16.1 Å². The van der Waals surface area contributed by atoms with Crippen LogP contribution in [0.15, 0.2) is 40.4 Å². The zero-order valence-electron chi connectivity index (χ0n) is 17.8. The van der Waals surface area contributed by atoms with Crippen molar-refractivity contribution in [3.05, 3.63) is 53.1 Å². The topological polar surface area (TPSA) is 107 Å². The molecule has 3 rings (SSSR count). The van der Waals surface area contributed by atoms with E-state index in [2.05, 4.69) is 10.1 Å². The normalized spacial score (nSPS) is 15.7. The molecule has 1 aliphatic rings. The van der Waals surface area contributed by atoms with Crippen molar-refractivity contribution in [1.29, 1.82) is 0 Å². The lowest BCUT2D eigenvalue weighted by molar-refractivity contribution is -0.123. The third-order valence-electron chi connectivity index (χ3n) is 4.75. The van der Waals surface area contributed by atoms with Crippen molar-refractivity contribution in [3.8, 4) is 11.5 Å². The van der Waals surface area contributed by atoms with Crippen molar-refractivity contribution in [2.75, 3.05) is 14.2 Å². The number of methoxy groups -OCH3 is 2. The van der Waals surface area contributed by atoms with E-state index in [1.54, 1.807) is 24.3 Å². The van der Waals surface area contributed by atoms with E-state index in [0.717, 1.165) is 11.3 Å². The van der Waals surface area contributed by atoms with E-state index < -0.39 is 17.9 Å². The first-order chi connectivity index (χ1) is 14.9. The second-order valence-electron chi connectivity index (χ2n) is 6.85. The van der Waals surface area contributed by atoms with Gasteiger partial charge in [0, 0.05) is 5.56 Å². The third kappa shape index (κ3) is 4.71. The molecule has 1 N–H and O–H groups in total. The first-order valence-electron chi connectivity index (χ1n) is 9.73. The Bertz CT molecular complexity index is 1020. The molecule has 1 atom stereocenters. The van der Waals surface area contributed by atoms with E-state index in [1.807, 2.05) is 13.8 Å². The van der Waals surface area contributed by atoms with E-state index >= 15 is 0 Å². The smallest absolute Gasteiger partial charge is 0.373 e. The van der Waals surface area contributed by atoms with Gasteiger partial charge in [0.15, 0.2) is 11.5 Å². The summed E-state index contributed by atoms with van der Waals surface area (Å²) >= 11 is 0. The summed E-state index contributed by atoms with van der Waals surface area (Å²) in [6, 6.07) is 7.63. The highest BCUT2D eigenvalue weighted by molar-refractivity contribution is 6.14. The number of urea groups is 1. The molecule has 9 heteroatoms. The van der Waals surface area contributed by atoms with Gasteiger partial charge >= 0.3 is 12.0 Å². The van der Waals surface area contributed by atoms with Crippen molar-refractivity contribution in [2.45, 2.75) is 32.9 Å². The first kappa shape index (κ1) is 21.9. The van der Waals surface area contributed by atoms with Gasteiger partial charge in [-0.15, -0.1) is 0 Å². The van der Waals surface area contributed by atoms with E-state index in [1.165, 1.54) is 26.4 Å². The molecule has 1 unspecified atom stereocenters. The fourth-order valence-electron chi connectivity index (χ4n) is 2.92. The average Bonchev–Trinajstić information content (AvgIpc) is 3.34. The van der Waals surface area contributed by atoms with Gasteiger partial charge in [-0.25, -0.2) is 9.59 Å². The molecular weight excluding hydrogens is 404 g/mol. The number of nitrogens with zero attached hydrogens (tertiary/aromatic N) is 1. The summed E-state index contributed by atoms with van der Waals surface area (Å²) in [6.07, 6.45) is 2.26. The Morgan fingerprint density at radius 1 is 1.23 bits per heavy atom. The second kappa shape index (κ2) is 9.38. The van der Waals surface area contributed by atoms with Crippen LogP contribution in [0.2, 0.25) is 0 Å². The Morgan fingerprint density at radius 3 is 2.68 bits per heavy atom. The monoisotopic (exact) mass is 428 g/mol. The van der Waals surface area contributed by atoms with Gasteiger partial charge in [0.05, 0.1) is 26.9 Å². The SMILES string of the molecule is CCC(C)Oc1c(C=C2NC(=O)N(Cc3ccc(C(=O)OC)o3)C2=O)cccc1OC. The summed E-state index contributed by atoms with van der Waals surface area (Å²) in [5, 5.41) is 2.56. The Labute approximate surface area is 179 Å². The third-order valence-corrected chi connectivity index (χ3v) is 4.75. The fraction of sp³-hybridized carbons (Fsp3) is 0.318. The standard InChI is InChI=1S/C22H24N2O7/c1-5-13(2)30-19-14(7-6-8-17(19)28-3)11-16-20(25)24(22(27)23-16)12-15-9-10-18(31-15)21(26)29-4/h6-11,13H,5,12H2,1-4H3,(H,23,27). The van der Waals surface area contributed by atoms with Crippen molar-refractivity contribution in [2.24, 2.45) is 0 Å². The summed E-state index contributed by atoms with van der Waals surface area (Å²) in [6.45, 7) is 3.80. The summed E-state index contributed by atoms with van der Waals surface area (Å²) in [5.41, 5.74) is 0.683. The van der Waals surface area contributed by atoms with Crippen LogP contribution in [0, 0.1) is 0 Å². The molecule has 0 radical (unpaired) electrons. The summed E-state index contributed by atoms with van der Waals surface area (Å²) < 4.78 is 21.3. The molecule has 9 nitrogen and oxygen atoms in total. The fourth-order valence-corrected chi connectivity index (χ4v) is 2.92. The summed E-state index contributed by atoms with van der Waals surface area (Å²) in [4.78, 5) is 37.7. The number of nitrogens with one attached hydrogen (secondary N) is 1. The van der Waals surface area contributed by atoms with Crippen LogP contribution < -0.4 is 14.8 Å². The number of imide groups is 1. The molecule has 0 spiro atoms. The first-order valence-corrected chi connectivity index (χ1v) is 9.73. The van der Waals surface area contributed by atoms with E-state index in [0.29, 0.717) is 17.1 Å². The number of rotatable bonds is 8. The predicted octanol–water partition coefficient (Wildman–Crippen LogP) is 3.35. The molecule has 0 aliphatic carbocycles. The minimum atomic E-state index is -0.643. The van der Waals surface area contributed by atoms with E-state index in [9.17, 15) is 14.4 Å². The maximum absolute atomic E-state index is 12.8. The second-order valence-corrected chi connectivity index (χ2v) is 6.85. The van der Waals surface area contributed by atoms with Crippen LogP contribution in [-0.4, -0.2) is 43.1 Å². The minimum absolute atomic E-state index is 0.0106. The maximum atomic E-state index is 12.8. The van der Waals surface area contributed by atoms with Gasteiger partial charge < -0.3 is 23.9 Å². The van der Waals surface area contributed by atoms with Gasteiger partial charge in [-0.1, -0.05) is 19.1 Å². The number of amides is 3. The van der Waals surface area contributed by atoms with Gasteiger partial charge in [-0.05, 0) is 37.6 Å². The molecule has 164 valence electrons. The van der Waals surface area contributed by atoms with Gasteiger partial charge in [0.1, 0.15) is 11.5 Å². The van der Waals surface area contributed by atoms with Crippen molar-refractivity contribution < 1.29 is 33.0 Å². The van der Waals surface area contributed by atoms with Crippen molar-refractivity contribution >= 4 is 24.0 Å². The molecule has 1 fully saturated rings. The van der Waals surface area contributed by atoms with Crippen LogP contribution >= 0.6 is 0 Å². The van der Waals surface area contributed by atoms with Crippen LogP contribution in [0.25, 0.3) is 6.08 Å². The van der Waals surface area contributed by atoms with Crippen LogP contribution in [0.5, 0.6) is 11.5 Å². The molecule has 3 amide bonds. The molecule has 1 aromatic heterocycles. The molecule has 1 saturated heterocycles. The minimum Gasteiger partial charge on any atom is -0.493 e. The average molecular weight is 428 g/mol. The Morgan fingerprint density at radius 2 is 2.00 bits per heavy atom. The highest BCUT2D eigenvalue weighted by Crippen LogP contribution is 2.34. The van der Waals surface area contributed by atoms with Crippen LogP contribution in [0.3, 0.4) is 0 Å². The Kier molecular flexibility index (Phi) is 6.64. The number of hydrogen-bond acceptors (Lipinski definition) is 7. The van der Waals surface area contributed by atoms with E-state index in [-0.39, 0.29) is 29.9 Å². The zero-order valence-corrected chi connectivity index (χ0v) is 17.8. The van der Waals surface area contributed by atoms with Crippen molar-refractivity contribution in [3.63, 3.8) is 0 Å². The number of carbonyl (C=O) groups excluding carboxylic acids is 3. The number of esters is 1. The molecule has 0 bridgehead atoms. The lowest BCUT2D eigenvalue weighted by Crippen LogP contribution is -2.30. The maximum Gasteiger partial charge on any atom is 0.373 e. The number of ether oxygens (including phenoxy) is 3. The van der Waals surface area contributed by atoms with Gasteiger partial charge in [0.25, 0.3) is 5.91 Å².